The number of oxazole rings is 1. The molecule has 0 radical (unpaired) electrons. The monoisotopic (exact) mass is 356 g/mol. The number of nitrogens with one attached hydrogen (secondary N) is 1. The molecule has 1 N–H and O–H groups in total. The van der Waals surface area contributed by atoms with E-state index in [1.807, 2.05) is 18.2 Å². The summed E-state index contributed by atoms with van der Waals surface area (Å²) in [5.41, 5.74) is 1.52. The third-order valence-corrected chi connectivity index (χ3v) is 4.70. The summed E-state index contributed by atoms with van der Waals surface area (Å²) in [6.45, 7) is 4.03. The number of aryl methyl sites for hydroxylation is 1. The number of aromatic nitrogens is 1. The lowest BCUT2D eigenvalue weighted by Gasteiger charge is -2.40. The molecular formula is C19H24N4O3. The molecule has 1 aliphatic heterocycles. The maximum absolute atomic E-state index is 12.6. The first-order valence-corrected chi connectivity index (χ1v) is 8.79. The SMILES string of the molecule is CNC(=O)[C@@H]1CN(C(=O)c2coc(C)n2)CCN1CCc1ccccc1. The van der Waals surface area contributed by atoms with E-state index in [-0.39, 0.29) is 23.6 Å². The summed E-state index contributed by atoms with van der Waals surface area (Å²) in [7, 11) is 1.62. The average Bonchev–Trinajstić information content (AvgIpc) is 3.12. The molecule has 1 aliphatic rings. The predicted octanol–water partition coefficient (Wildman–Crippen LogP) is 1.10. The van der Waals surface area contributed by atoms with Crippen LogP contribution < -0.4 is 5.32 Å². The molecule has 2 amide bonds. The van der Waals surface area contributed by atoms with Crippen LogP contribution >= 0.6 is 0 Å². The molecule has 0 aliphatic carbocycles. The minimum absolute atomic E-state index is 0.0769. The summed E-state index contributed by atoms with van der Waals surface area (Å²) < 4.78 is 5.13. The van der Waals surface area contributed by atoms with E-state index < -0.39 is 0 Å². The maximum Gasteiger partial charge on any atom is 0.275 e. The van der Waals surface area contributed by atoms with Gasteiger partial charge in [-0.25, -0.2) is 4.98 Å². The summed E-state index contributed by atoms with van der Waals surface area (Å²) >= 11 is 0. The summed E-state index contributed by atoms with van der Waals surface area (Å²) in [5, 5.41) is 2.71. The molecule has 26 heavy (non-hydrogen) atoms. The summed E-state index contributed by atoms with van der Waals surface area (Å²) in [6, 6.07) is 9.83. The van der Waals surface area contributed by atoms with E-state index in [4.69, 9.17) is 4.42 Å². The maximum atomic E-state index is 12.6. The molecule has 2 heterocycles. The normalized spacial score (nSPS) is 17.9. The molecule has 1 fully saturated rings. The lowest BCUT2D eigenvalue weighted by Crippen LogP contribution is -2.60. The van der Waals surface area contributed by atoms with Crippen LogP contribution in [0.15, 0.2) is 41.0 Å². The van der Waals surface area contributed by atoms with Gasteiger partial charge in [-0.15, -0.1) is 0 Å². The highest BCUT2D eigenvalue weighted by Gasteiger charge is 2.34. The molecule has 1 atom stereocenters. The molecule has 0 saturated carbocycles. The van der Waals surface area contributed by atoms with Crippen LogP contribution in [0, 0.1) is 6.92 Å². The van der Waals surface area contributed by atoms with E-state index in [1.54, 1.807) is 18.9 Å². The second kappa shape index (κ2) is 8.14. The van der Waals surface area contributed by atoms with Crippen LogP contribution in [0.5, 0.6) is 0 Å². The number of rotatable bonds is 5. The highest BCUT2D eigenvalue weighted by Crippen LogP contribution is 2.15. The van der Waals surface area contributed by atoms with Crippen molar-refractivity contribution in [3.8, 4) is 0 Å². The number of hydrogen-bond acceptors (Lipinski definition) is 5. The van der Waals surface area contributed by atoms with Gasteiger partial charge in [-0.05, 0) is 12.0 Å². The molecule has 0 spiro atoms. The molecule has 0 bridgehead atoms. The molecule has 2 aromatic rings. The Labute approximate surface area is 153 Å². The van der Waals surface area contributed by atoms with Crippen molar-refractivity contribution in [1.29, 1.82) is 0 Å². The van der Waals surface area contributed by atoms with Gasteiger partial charge >= 0.3 is 0 Å². The van der Waals surface area contributed by atoms with Crippen LogP contribution in [0.1, 0.15) is 21.9 Å². The number of amides is 2. The van der Waals surface area contributed by atoms with Crippen LogP contribution in [0.4, 0.5) is 0 Å². The van der Waals surface area contributed by atoms with Crippen molar-refractivity contribution in [3.05, 3.63) is 53.7 Å². The summed E-state index contributed by atoms with van der Waals surface area (Å²) in [5.74, 6) is 0.183. The Morgan fingerprint density at radius 2 is 2.04 bits per heavy atom. The second-order valence-corrected chi connectivity index (χ2v) is 6.40. The van der Waals surface area contributed by atoms with E-state index in [0.29, 0.717) is 25.5 Å². The number of nitrogens with zero attached hydrogens (tertiary/aromatic N) is 3. The quantitative estimate of drug-likeness (QED) is 0.868. The Morgan fingerprint density at radius 3 is 2.69 bits per heavy atom. The smallest absolute Gasteiger partial charge is 0.275 e. The molecule has 0 unspecified atom stereocenters. The van der Waals surface area contributed by atoms with Crippen LogP contribution in [0.25, 0.3) is 0 Å². The zero-order chi connectivity index (χ0) is 18.5. The number of piperazine rings is 1. The van der Waals surface area contributed by atoms with Crippen LogP contribution in [0.3, 0.4) is 0 Å². The van der Waals surface area contributed by atoms with Crippen LogP contribution in [-0.4, -0.2) is 65.9 Å². The standard InChI is InChI=1S/C19H24N4O3/c1-14-21-16(13-26-14)19(25)23-11-10-22(17(12-23)18(24)20-2)9-8-15-6-4-3-5-7-15/h3-7,13,17H,8-12H2,1-2H3,(H,20,24)/t17-/m0/s1. The molecule has 138 valence electrons. The van der Waals surface area contributed by atoms with Gasteiger partial charge in [0.05, 0.1) is 0 Å². The van der Waals surface area contributed by atoms with E-state index in [9.17, 15) is 9.59 Å². The second-order valence-electron chi connectivity index (χ2n) is 6.40. The van der Waals surface area contributed by atoms with Gasteiger partial charge in [-0.3, -0.25) is 14.5 Å². The molecular weight excluding hydrogens is 332 g/mol. The third-order valence-electron chi connectivity index (χ3n) is 4.70. The van der Waals surface area contributed by atoms with E-state index in [1.165, 1.54) is 11.8 Å². The summed E-state index contributed by atoms with van der Waals surface area (Å²) in [6.07, 6.45) is 2.24. The van der Waals surface area contributed by atoms with Crippen LogP contribution in [0.2, 0.25) is 0 Å². The zero-order valence-corrected chi connectivity index (χ0v) is 15.1. The molecule has 7 nitrogen and oxygen atoms in total. The van der Waals surface area contributed by atoms with E-state index in [2.05, 4.69) is 27.3 Å². The highest BCUT2D eigenvalue weighted by atomic mass is 16.3. The van der Waals surface area contributed by atoms with E-state index in [0.717, 1.165) is 13.0 Å². The van der Waals surface area contributed by atoms with Crippen molar-refractivity contribution >= 4 is 11.8 Å². The Balaban J connectivity index is 1.67. The minimum Gasteiger partial charge on any atom is -0.448 e. The Kier molecular flexibility index (Phi) is 5.68. The first kappa shape index (κ1) is 18.1. The predicted molar refractivity (Wildman–Crippen MR) is 96.7 cm³/mol. The fraction of sp³-hybridized carbons (Fsp3) is 0.421. The molecule has 7 heteroatoms. The van der Waals surface area contributed by atoms with Gasteiger partial charge in [-0.2, -0.15) is 0 Å². The molecule has 3 rings (SSSR count). The molecule has 1 saturated heterocycles. The highest BCUT2D eigenvalue weighted by molar-refractivity contribution is 5.93. The fourth-order valence-corrected chi connectivity index (χ4v) is 3.23. The summed E-state index contributed by atoms with van der Waals surface area (Å²) in [4.78, 5) is 32.9. The molecule has 1 aromatic carbocycles. The first-order chi connectivity index (χ1) is 12.6. The van der Waals surface area contributed by atoms with Crippen molar-refractivity contribution in [2.24, 2.45) is 0 Å². The zero-order valence-electron chi connectivity index (χ0n) is 15.1. The van der Waals surface area contributed by atoms with Gasteiger partial charge in [0.2, 0.25) is 5.91 Å². The van der Waals surface area contributed by atoms with Gasteiger partial charge in [-0.1, -0.05) is 30.3 Å². The van der Waals surface area contributed by atoms with Crippen molar-refractivity contribution in [2.75, 3.05) is 33.2 Å². The molecule has 1 aromatic heterocycles. The fourth-order valence-electron chi connectivity index (χ4n) is 3.23. The number of carbonyl (C=O) groups excluding carboxylic acids is 2. The Bertz CT molecular complexity index is 759. The lowest BCUT2D eigenvalue weighted by molar-refractivity contribution is -0.127. The van der Waals surface area contributed by atoms with Crippen molar-refractivity contribution in [3.63, 3.8) is 0 Å². The van der Waals surface area contributed by atoms with Gasteiger partial charge in [0.25, 0.3) is 5.91 Å². The van der Waals surface area contributed by atoms with Gasteiger partial charge in [0, 0.05) is 40.2 Å². The third kappa shape index (κ3) is 4.11. The van der Waals surface area contributed by atoms with Gasteiger partial charge < -0.3 is 14.6 Å². The number of benzene rings is 1. The number of likely N-dealkylation sites (N-methyl/N-ethyl adjacent to an activating group) is 1. The number of carbonyl (C=O) groups is 2. The minimum atomic E-state index is -0.366. The average molecular weight is 356 g/mol. The number of hydrogen-bond donors (Lipinski definition) is 1. The topological polar surface area (TPSA) is 78.7 Å². The van der Waals surface area contributed by atoms with Gasteiger partial charge in [0.15, 0.2) is 11.6 Å². The van der Waals surface area contributed by atoms with Crippen LogP contribution in [-0.2, 0) is 11.2 Å². The first-order valence-electron chi connectivity index (χ1n) is 8.79. The van der Waals surface area contributed by atoms with E-state index >= 15 is 0 Å². The Hall–Kier alpha value is -2.67. The Morgan fingerprint density at radius 1 is 1.27 bits per heavy atom. The van der Waals surface area contributed by atoms with Gasteiger partial charge in [0.1, 0.15) is 12.3 Å². The van der Waals surface area contributed by atoms with Crippen molar-refractivity contribution in [1.82, 2.24) is 20.1 Å². The largest absolute Gasteiger partial charge is 0.448 e. The van der Waals surface area contributed by atoms with Crippen molar-refractivity contribution in [2.45, 2.75) is 19.4 Å². The lowest BCUT2D eigenvalue weighted by atomic mass is 10.1. The van der Waals surface area contributed by atoms with Crippen molar-refractivity contribution < 1.29 is 14.0 Å².